The number of halogens is 3. The Morgan fingerprint density at radius 2 is 1.81 bits per heavy atom. The number of aryl methyl sites for hydroxylation is 1. The van der Waals surface area contributed by atoms with Gasteiger partial charge in [0.1, 0.15) is 10.3 Å². The fraction of sp³-hybridized carbons (Fsp3) is 0.100. The molecule has 0 N–H and O–H groups in total. The van der Waals surface area contributed by atoms with E-state index in [0.717, 1.165) is 11.1 Å². The van der Waals surface area contributed by atoms with E-state index in [-0.39, 0.29) is 0 Å². The van der Waals surface area contributed by atoms with Gasteiger partial charge < -0.3 is 0 Å². The van der Waals surface area contributed by atoms with Crippen molar-refractivity contribution in [1.29, 1.82) is 0 Å². The molecule has 0 aliphatic rings. The van der Waals surface area contributed by atoms with Gasteiger partial charge in [0.25, 0.3) is 0 Å². The minimum absolute atomic E-state index is 0.290. The molecule has 0 aliphatic carbocycles. The fourth-order valence-corrected chi connectivity index (χ4v) is 1.78. The lowest BCUT2D eigenvalue weighted by Gasteiger charge is -2.05. The molecular formula is C10H6BrCl2N3. The Morgan fingerprint density at radius 1 is 1.19 bits per heavy atom. The summed E-state index contributed by atoms with van der Waals surface area (Å²) in [6.07, 6.45) is 3.39. The van der Waals surface area contributed by atoms with Crippen molar-refractivity contribution in [3.63, 3.8) is 0 Å². The largest absolute Gasteiger partial charge is 0.264 e. The quantitative estimate of drug-likeness (QED) is 0.748. The average Bonchev–Trinajstić information content (AvgIpc) is 2.26. The first-order valence-corrected chi connectivity index (χ1v) is 5.94. The molecule has 0 saturated heterocycles. The number of hydrogen-bond donors (Lipinski definition) is 0. The Balaban J connectivity index is 2.62. The Morgan fingerprint density at radius 3 is 2.38 bits per heavy atom. The van der Waals surface area contributed by atoms with Crippen molar-refractivity contribution in [3.05, 3.63) is 38.8 Å². The Bertz CT molecular complexity index is 522. The summed E-state index contributed by atoms with van der Waals surface area (Å²) in [5.74, 6) is 0.476. The predicted octanol–water partition coefficient (Wildman–Crippen LogP) is 3.92. The summed E-state index contributed by atoms with van der Waals surface area (Å²) in [4.78, 5) is 12.3. The highest BCUT2D eigenvalue weighted by atomic mass is 79.9. The molecule has 0 bridgehead atoms. The van der Waals surface area contributed by atoms with Gasteiger partial charge in [-0.3, -0.25) is 4.98 Å². The highest BCUT2D eigenvalue weighted by Crippen LogP contribution is 2.30. The van der Waals surface area contributed by atoms with Crippen LogP contribution in [0.3, 0.4) is 0 Å². The lowest BCUT2D eigenvalue weighted by molar-refractivity contribution is 1.14. The van der Waals surface area contributed by atoms with Gasteiger partial charge in [0.05, 0.1) is 4.47 Å². The maximum Gasteiger partial charge on any atom is 0.164 e. The summed E-state index contributed by atoms with van der Waals surface area (Å²) >= 11 is 15.0. The van der Waals surface area contributed by atoms with Gasteiger partial charge in [-0.1, -0.05) is 23.2 Å². The van der Waals surface area contributed by atoms with Crippen LogP contribution in [0.1, 0.15) is 5.56 Å². The summed E-state index contributed by atoms with van der Waals surface area (Å²) in [7, 11) is 0. The third-order valence-electron chi connectivity index (χ3n) is 2.05. The van der Waals surface area contributed by atoms with Crippen molar-refractivity contribution < 1.29 is 0 Å². The SMILES string of the molecule is Cc1ccncc1-c1nc(Cl)c(Br)c(Cl)n1. The Hall–Kier alpha value is -0.710. The van der Waals surface area contributed by atoms with E-state index in [1.54, 1.807) is 12.4 Å². The van der Waals surface area contributed by atoms with Gasteiger partial charge >= 0.3 is 0 Å². The molecule has 6 heteroatoms. The van der Waals surface area contributed by atoms with Crippen LogP contribution in [0.25, 0.3) is 11.4 Å². The zero-order valence-corrected chi connectivity index (χ0v) is 11.3. The van der Waals surface area contributed by atoms with Crippen LogP contribution < -0.4 is 0 Å². The topological polar surface area (TPSA) is 38.7 Å². The van der Waals surface area contributed by atoms with Gasteiger partial charge in [-0.15, -0.1) is 0 Å². The fourth-order valence-electron chi connectivity index (χ4n) is 1.21. The average molecular weight is 319 g/mol. The van der Waals surface area contributed by atoms with E-state index < -0.39 is 0 Å². The second-order valence-corrected chi connectivity index (χ2v) is 4.64. The van der Waals surface area contributed by atoms with Crippen LogP contribution in [0.2, 0.25) is 10.3 Å². The van der Waals surface area contributed by atoms with Crippen molar-refractivity contribution in [2.24, 2.45) is 0 Å². The molecule has 3 nitrogen and oxygen atoms in total. The molecular weight excluding hydrogens is 313 g/mol. The molecule has 0 radical (unpaired) electrons. The first-order chi connectivity index (χ1) is 7.59. The van der Waals surface area contributed by atoms with E-state index in [1.807, 2.05) is 13.0 Å². The standard InChI is InChI=1S/C10H6BrCl2N3/c1-5-2-3-14-4-6(5)10-15-8(12)7(11)9(13)16-10/h2-4H,1H3. The van der Waals surface area contributed by atoms with Gasteiger partial charge in [-0.05, 0) is 34.5 Å². The van der Waals surface area contributed by atoms with Crippen molar-refractivity contribution in [2.45, 2.75) is 6.92 Å². The van der Waals surface area contributed by atoms with Crippen molar-refractivity contribution in [2.75, 3.05) is 0 Å². The van der Waals surface area contributed by atoms with Crippen LogP contribution in [-0.4, -0.2) is 15.0 Å². The highest BCUT2D eigenvalue weighted by Gasteiger charge is 2.11. The number of hydrogen-bond acceptors (Lipinski definition) is 3. The molecule has 0 spiro atoms. The molecule has 2 heterocycles. The van der Waals surface area contributed by atoms with Crippen LogP contribution in [0.5, 0.6) is 0 Å². The second kappa shape index (κ2) is 4.65. The summed E-state index contributed by atoms with van der Waals surface area (Å²) in [6, 6.07) is 1.88. The van der Waals surface area contributed by atoms with Gasteiger partial charge in [0.15, 0.2) is 5.82 Å². The van der Waals surface area contributed by atoms with Gasteiger partial charge in [-0.2, -0.15) is 0 Å². The molecule has 2 rings (SSSR count). The third-order valence-corrected chi connectivity index (χ3v) is 3.81. The zero-order chi connectivity index (χ0) is 11.7. The maximum atomic E-state index is 5.92. The summed E-state index contributed by atoms with van der Waals surface area (Å²) in [5, 5.41) is 0.580. The molecule has 0 fully saturated rings. The molecule has 0 aliphatic heterocycles. The normalized spacial score (nSPS) is 10.5. The van der Waals surface area contributed by atoms with Gasteiger partial charge in [-0.25, -0.2) is 9.97 Å². The summed E-state index contributed by atoms with van der Waals surface area (Å²) in [6.45, 7) is 1.95. The van der Waals surface area contributed by atoms with Crippen LogP contribution in [0.4, 0.5) is 0 Å². The molecule has 0 amide bonds. The smallest absolute Gasteiger partial charge is 0.164 e. The van der Waals surface area contributed by atoms with Gasteiger partial charge in [0.2, 0.25) is 0 Å². The van der Waals surface area contributed by atoms with Gasteiger partial charge in [0, 0.05) is 18.0 Å². The second-order valence-electron chi connectivity index (χ2n) is 3.13. The number of aromatic nitrogens is 3. The van der Waals surface area contributed by atoms with E-state index in [0.29, 0.717) is 20.6 Å². The molecule has 0 atom stereocenters. The summed E-state index contributed by atoms with van der Waals surface area (Å²) < 4.78 is 0.501. The van der Waals surface area contributed by atoms with Crippen molar-refractivity contribution in [3.8, 4) is 11.4 Å². The highest BCUT2D eigenvalue weighted by molar-refractivity contribution is 9.10. The van der Waals surface area contributed by atoms with Crippen LogP contribution in [-0.2, 0) is 0 Å². The van der Waals surface area contributed by atoms with E-state index in [1.165, 1.54) is 0 Å². The molecule has 2 aromatic rings. The number of rotatable bonds is 1. The lowest BCUT2D eigenvalue weighted by Crippen LogP contribution is -1.94. The predicted molar refractivity (Wildman–Crippen MR) is 67.7 cm³/mol. The minimum Gasteiger partial charge on any atom is -0.264 e. The van der Waals surface area contributed by atoms with E-state index in [9.17, 15) is 0 Å². The first kappa shape index (κ1) is 11.8. The van der Waals surface area contributed by atoms with Crippen molar-refractivity contribution in [1.82, 2.24) is 15.0 Å². The molecule has 16 heavy (non-hydrogen) atoms. The van der Waals surface area contributed by atoms with E-state index >= 15 is 0 Å². The molecule has 0 aromatic carbocycles. The van der Waals surface area contributed by atoms with Crippen molar-refractivity contribution >= 4 is 39.1 Å². The number of pyridine rings is 1. The third kappa shape index (κ3) is 2.19. The van der Waals surface area contributed by atoms with Crippen LogP contribution >= 0.6 is 39.1 Å². The van der Waals surface area contributed by atoms with Crippen LogP contribution in [0.15, 0.2) is 22.9 Å². The summed E-state index contributed by atoms with van der Waals surface area (Å²) in [5.41, 5.74) is 1.84. The molecule has 2 aromatic heterocycles. The Kier molecular flexibility index (Phi) is 3.42. The van der Waals surface area contributed by atoms with E-state index in [2.05, 4.69) is 30.9 Å². The molecule has 82 valence electrons. The molecule has 0 unspecified atom stereocenters. The number of nitrogens with zero attached hydrogens (tertiary/aromatic N) is 3. The zero-order valence-electron chi connectivity index (χ0n) is 8.21. The van der Waals surface area contributed by atoms with E-state index in [4.69, 9.17) is 23.2 Å². The lowest BCUT2D eigenvalue weighted by atomic mass is 10.1. The minimum atomic E-state index is 0.290. The monoisotopic (exact) mass is 317 g/mol. The van der Waals surface area contributed by atoms with Crippen LogP contribution in [0, 0.1) is 6.92 Å². The Labute approximate surface area is 111 Å². The maximum absolute atomic E-state index is 5.92. The first-order valence-electron chi connectivity index (χ1n) is 4.39. The molecule has 0 saturated carbocycles.